The van der Waals surface area contributed by atoms with Gasteiger partial charge in [0, 0.05) is 44.5 Å². The van der Waals surface area contributed by atoms with Gasteiger partial charge in [-0.3, -0.25) is 9.36 Å². The van der Waals surface area contributed by atoms with Crippen molar-refractivity contribution in [2.24, 2.45) is 17.6 Å². The van der Waals surface area contributed by atoms with Crippen molar-refractivity contribution >= 4 is 16.6 Å². The maximum atomic E-state index is 15.3. The molecule has 1 aromatic carbocycles. The van der Waals surface area contributed by atoms with E-state index >= 15 is 4.39 Å². The maximum Gasteiger partial charge on any atom is 0.350 e. The number of aromatic nitrogens is 2. The fourth-order valence-corrected chi connectivity index (χ4v) is 4.92. The van der Waals surface area contributed by atoms with E-state index < -0.39 is 17.1 Å². The van der Waals surface area contributed by atoms with Crippen LogP contribution in [0.15, 0.2) is 15.7 Å². The lowest BCUT2D eigenvalue weighted by atomic mass is 9.89. The van der Waals surface area contributed by atoms with E-state index in [0.29, 0.717) is 41.1 Å². The quantitative estimate of drug-likeness (QED) is 0.679. The van der Waals surface area contributed by atoms with E-state index in [1.807, 2.05) is 4.90 Å². The average molecular weight is 420 g/mol. The fourth-order valence-electron chi connectivity index (χ4n) is 4.92. The van der Waals surface area contributed by atoms with E-state index in [1.165, 1.54) is 6.07 Å². The van der Waals surface area contributed by atoms with Crippen molar-refractivity contribution in [2.75, 3.05) is 37.5 Å². The predicted molar refractivity (Wildman–Crippen MR) is 115 cm³/mol. The molecule has 1 saturated heterocycles. The number of rotatable bonds is 6. The number of nitrogens with two attached hydrogens (primary N) is 2. The lowest BCUT2D eigenvalue weighted by molar-refractivity contribution is 0.176. The number of nitrogen functional groups attached to an aromatic ring is 1. The van der Waals surface area contributed by atoms with Gasteiger partial charge in [-0.25, -0.2) is 9.18 Å². The first-order valence-electron chi connectivity index (χ1n) is 10.5. The van der Waals surface area contributed by atoms with Crippen molar-refractivity contribution in [3.63, 3.8) is 0 Å². The summed E-state index contributed by atoms with van der Waals surface area (Å²) >= 11 is 0. The Kier molecular flexibility index (Phi) is 5.36. The molecule has 0 radical (unpaired) electrons. The van der Waals surface area contributed by atoms with Crippen molar-refractivity contribution in [3.8, 4) is 0 Å². The Morgan fingerprint density at radius 3 is 2.63 bits per heavy atom. The second kappa shape index (κ2) is 7.70. The molecule has 2 aromatic rings. The molecule has 4 N–H and O–H groups in total. The molecule has 9 heteroatoms. The van der Waals surface area contributed by atoms with E-state index in [-0.39, 0.29) is 29.3 Å². The Hall–Kier alpha value is -2.39. The highest BCUT2D eigenvalue weighted by atomic mass is 19.1. The zero-order valence-corrected chi connectivity index (χ0v) is 17.7. The number of hydrogen-bond donors (Lipinski definition) is 2. The summed E-state index contributed by atoms with van der Waals surface area (Å²) in [5.41, 5.74) is 6.70. The van der Waals surface area contributed by atoms with Crippen LogP contribution < -0.4 is 27.7 Å². The third kappa shape index (κ3) is 3.30. The minimum absolute atomic E-state index is 0.000118. The molecule has 0 unspecified atom stereocenters. The average Bonchev–Trinajstić information content (AvgIpc) is 3.47. The number of halogens is 1. The first kappa shape index (κ1) is 20.9. The van der Waals surface area contributed by atoms with Gasteiger partial charge < -0.3 is 21.2 Å². The molecule has 3 atom stereocenters. The lowest BCUT2D eigenvalue weighted by Gasteiger charge is -2.25. The number of aryl methyl sites for hydroxylation is 1. The minimum Gasteiger partial charge on any atom is -0.385 e. The molecule has 2 aliphatic rings. The molecule has 164 valence electrons. The van der Waals surface area contributed by atoms with Crippen molar-refractivity contribution < 1.29 is 9.13 Å². The lowest BCUT2D eigenvalue weighted by Crippen LogP contribution is -2.44. The number of hydrogen-bond acceptors (Lipinski definition) is 6. The van der Waals surface area contributed by atoms with Crippen LogP contribution in [0.2, 0.25) is 0 Å². The van der Waals surface area contributed by atoms with E-state index in [0.717, 1.165) is 19.3 Å². The number of nitrogens with zero attached hydrogens (tertiary/aromatic N) is 3. The molecule has 1 aliphatic heterocycles. The number of anilines is 1. The molecular formula is C21H30FN5O3. The zero-order valence-electron chi connectivity index (χ0n) is 17.7. The number of fused-ring (bicyclic) bond motifs is 1. The smallest absolute Gasteiger partial charge is 0.350 e. The summed E-state index contributed by atoms with van der Waals surface area (Å²) < 4.78 is 22.6. The standard InChI is InChI=1S/C21H30FN5O3/c1-11-9-25(10-15(11)17(23)6-7-30-3)19-12(2)18-14(8-16(19)22)20(28)27(24)21(29)26(18)13-4-5-13/h8,11,13,15,17H,4-7,9-10,23-24H2,1-3H3/t11-,15+,17+/m1/s1. The molecule has 1 aliphatic carbocycles. The highest BCUT2D eigenvalue weighted by molar-refractivity contribution is 5.87. The summed E-state index contributed by atoms with van der Waals surface area (Å²) in [4.78, 5) is 27.3. The van der Waals surface area contributed by atoms with Crippen molar-refractivity contribution in [3.05, 3.63) is 38.3 Å². The Balaban J connectivity index is 1.81. The van der Waals surface area contributed by atoms with Gasteiger partial charge in [-0.1, -0.05) is 6.92 Å². The van der Waals surface area contributed by atoms with E-state index in [1.54, 1.807) is 18.6 Å². The second-order valence-corrected chi connectivity index (χ2v) is 8.78. The summed E-state index contributed by atoms with van der Waals surface area (Å²) in [6.45, 7) is 5.78. The van der Waals surface area contributed by atoms with Crippen LogP contribution >= 0.6 is 0 Å². The van der Waals surface area contributed by atoms with E-state index in [4.69, 9.17) is 16.3 Å². The van der Waals surface area contributed by atoms with Gasteiger partial charge >= 0.3 is 5.69 Å². The molecule has 1 aromatic heterocycles. The predicted octanol–water partition coefficient (Wildman–Crippen LogP) is 1.10. The first-order chi connectivity index (χ1) is 14.3. The highest BCUT2D eigenvalue weighted by Gasteiger charge is 2.36. The Labute approximate surface area is 174 Å². The van der Waals surface area contributed by atoms with Crippen LogP contribution in [0.3, 0.4) is 0 Å². The van der Waals surface area contributed by atoms with Gasteiger partial charge in [-0.2, -0.15) is 4.68 Å². The zero-order chi connectivity index (χ0) is 21.7. The summed E-state index contributed by atoms with van der Waals surface area (Å²) in [6.07, 6.45) is 2.43. The van der Waals surface area contributed by atoms with E-state index in [2.05, 4.69) is 6.92 Å². The van der Waals surface area contributed by atoms with Gasteiger partial charge in [-0.05, 0) is 44.1 Å². The number of ether oxygens (including phenoxy) is 1. The van der Waals surface area contributed by atoms with Crippen LogP contribution in [0.5, 0.6) is 0 Å². The monoisotopic (exact) mass is 419 g/mol. The summed E-state index contributed by atoms with van der Waals surface area (Å²) in [7, 11) is 1.65. The SMILES string of the molecule is COCC[C@H](N)[C@H]1CN(c2c(F)cc3c(=O)n(N)c(=O)n(C4CC4)c3c2C)C[C@H]1C. The Morgan fingerprint density at radius 1 is 1.30 bits per heavy atom. The summed E-state index contributed by atoms with van der Waals surface area (Å²) in [5, 5.41) is 0.142. The van der Waals surface area contributed by atoms with Crippen LogP contribution in [-0.2, 0) is 4.74 Å². The molecule has 2 heterocycles. The van der Waals surface area contributed by atoms with Crippen LogP contribution in [0.4, 0.5) is 10.1 Å². The van der Waals surface area contributed by atoms with Gasteiger partial charge in [0.2, 0.25) is 0 Å². The van der Waals surface area contributed by atoms with Crippen molar-refractivity contribution in [1.82, 2.24) is 9.24 Å². The van der Waals surface area contributed by atoms with Crippen LogP contribution in [0, 0.1) is 24.6 Å². The van der Waals surface area contributed by atoms with Crippen molar-refractivity contribution in [1.29, 1.82) is 0 Å². The van der Waals surface area contributed by atoms with Crippen LogP contribution in [0.25, 0.3) is 10.9 Å². The molecule has 8 nitrogen and oxygen atoms in total. The number of methoxy groups -OCH3 is 1. The molecule has 2 fully saturated rings. The third-order valence-corrected chi connectivity index (χ3v) is 6.67. The highest BCUT2D eigenvalue weighted by Crippen LogP contribution is 2.40. The third-order valence-electron chi connectivity index (χ3n) is 6.67. The fraction of sp³-hybridized carbons (Fsp3) is 0.619. The van der Waals surface area contributed by atoms with Crippen molar-refractivity contribution in [2.45, 2.75) is 45.2 Å². The summed E-state index contributed by atoms with van der Waals surface area (Å²) in [5.74, 6) is 5.71. The van der Waals surface area contributed by atoms with Gasteiger partial charge in [0.15, 0.2) is 0 Å². The number of benzene rings is 1. The van der Waals surface area contributed by atoms with Gasteiger partial charge in [0.1, 0.15) is 5.82 Å². The van der Waals surface area contributed by atoms with Gasteiger partial charge in [-0.15, -0.1) is 0 Å². The molecule has 30 heavy (non-hydrogen) atoms. The first-order valence-corrected chi connectivity index (χ1v) is 10.5. The second-order valence-electron chi connectivity index (χ2n) is 8.78. The van der Waals surface area contributed by atoms with Gasteiger partial charge in [0.25, 0.3) is 5.56 Å². The van der Waals surface area contributed by atoms with Gasteiger partial charge in [0.05, 0.1) is 16.6 Å². The normalized spacial score (nSPS) is 22.8. The molecule has 1 saturated carbocycles. The molecule has 0 spiro atoms. The van der Waals surface area contributed by atoms with Crippen LogP contribution in [0.1, 0.15) is 37.8 Å². The largest absolute Gasteiger partial charge is 0.385 e. The topological polar surface area (TPSA) is 109 Å². The maximum absolute atomic E-state index is 15.3. The molecule has 4 rings (SSSR count). The minimum atomic E-state index is -0.672. The Bertz CT molecular complexity index is 1090. The molecule has 0 amide bonds. The van der Waals surface area contributed by atoms with Crippen LogP contribution in [-0.4, -0.2) is 42.1 Å². The molecule has 0 bridgehead atoms. The molecular weight excluding hydrogens is 389 g/mol. The summed E-state index contributed by atoms with van der Waals surface area (Å²) in [6, 6.07) is 1.19. The Morgan fingerprint density at radius 2 is 2.00 bits per heavy atom. The van der Waals surface area contributed by atoms with E-state index in [9.17, 15) is 9.59 Å².